The molecule has 0 radical (unpaired) electrons. The number of amides is 3. The highest BCUT2D eigenvalue weighted by atomic mass is 32.1. The number of carbonyl (C=O) groups excluding carboxylic acids is 2. The van der Waals surface area contributed by atoms with E-state index < -0.39 is 11.9 Å². The van der Waals surface area contributed by atoms with Crippen LogP contribution in [0.1, 0.15) is 16.1 Å². The van der Waals surface area contributed by atoms with Crippen molar-refractivity contribution in [3.05, 3.63) is 47.0 Å². The van der Waals surface area contributed by atoms with Gasteiger partial charge < -0.3 is 0 Å². The minimum Gasteiger partial charge on any atom is -0.283 e. The fourth-order valence-electron chi connectivity index (χ4n) is 1.30. The van der Waals surface area contributed by atoms with Gasteiger partial charge in [-0.25, -0.2) is 9.78 Å². The van der Waals surface area contributed by atoms with Gasteiger partial charge in [0.2, 0.25) is 0 Å². The van der Waals surface area contributed by atoms with E-state index in [4.69, 9.17) is 0 Å². The molecule has 92 valence electrons. The molecule has 0 saturated heterocycles. The van der Waals surface area contributed by atoms with Crippen molar-refractivity contribution in [3.63, 3.8) is 0 Å². The van der Waals surface area contributed by atoms with Crippen LogP contribution in [-0.2, 0) is 0 Å². The fraction of sp³-hybridized carbons (Fsp3) is 0.0833. The molecule has 3 amide bonds. The lowest BCUT2D eigenvalue weighted by molar-refractivity contribution is 0.0967. The molecule has 0 bridgehead atoms. The molecule has 18 heavy (non-hydrogen) atoms. The zero-order valence-corrected chi connectivity index (χ0v) is 10.5. The van der Waals surface area contributed by atoms with Gasteiger partial charge in [0.15, 0.2) is 5.13 Å². The number of urea groups is 1. The van der Waals surface area contributed by atoms with Crippen LogP contribution in [0.4, 0.5) is 9.93 Å². The number of thiazole rings is 1. The maximum atomic E-state index is 11.7. The van der Waals surface area contributed by atoms with E-state index in [0.29, 0.717) is 10.7 Å². The zero-order chi connectivity index (χ0) is 13.0. The predicted octanol–water partition coefficient (Wildman–Crippen LogP) is 2.41. The van der Waals surface area contributed by atoms with E-state index in [0.717, 1.165) is 5.69 Å². The first kappa shape index (κ1) is 12.3. The van der Waals surface area contributed by atoms with Crippen LogP contribution in [0.5, 0.6) is 0 Å². The van der Waals surface area contributed by atoms with Crippen molar-refractivity contribution < 1.29 is 9.59 Å². The van der Waals surface area contributed by atoms with Crippen LogP contribution in [0.3, 0.4) is 0 Å². The molecular weight excluding hydrogens is 250 g/mol. The van der Waals surface area contributed by atoms with Crippen LogP contribution in [-0.4, -0.2) is 16.9 Å². The number of aromatic nitrogens is 1. The molecule has 0 atom stereocenters. The largest absolute Gasteiger partial charge is 0.327 e. The third-order valence-electron chi connectivity index (χ3n) is 2.10. The molecule has 2 aromatic rings. The number of carbonyl (C=O) groups is 2. The van der Waals surface area contributed by atoms with Crippen LogP contribution in [0.25, 0.3) is 0 Å². The Labute approximate surface area is 108 Å². The summed E-state index contributed by atoms with van der Waals surface area (Å²) in [5.74, 6) is -0.443. The summed E-state index contributed by atoms with van der Waals surface area (Å²) in [6.45, 7) is 1.83. The van der Waals surface area contributed by atoms with Gasteiger partial charge in [-0.1, -0.05) is 18.2 Å². The lowest BCUT2D eigenvalue weighted by atomic mass is 10.2. The lowest BCUT2D eigenvalue weighted by Gasteiger charge is -2.03. The second kappa shape index (κ2) is 5.42. The highest BCUT2D eigenvalue weighted by Gasteiger charge is 2.10. The number of nitrogens with one attached hydrogen (secondary N) is 2. The number of hydrogen-bond donors (Lipinski definition) is 2. The van der Waals surface area contributed by atoms with Crippen molar-refractivity contribution in [2.45, 2.75) is 6.92 Å². The summed E-state index contributed by atoms with van der Waals surface area (Å²) in [7, 11) is 0. The van der Waals surface area contributed by atoms with Crippen molar-refractivity contribution in [2.24, 2.45) is 0 Å². The maximum Gasteiger partial charge on any atom is 0.327 e. The second-order valence-corrected chi connectivity index (χ2v) is 4.43. The van der Waals surface area contributed by atoms with E-state index in [1.165, 1.54) is 11.3 Å². The SMILES string of the molecule is Cc1csc(NC(=O)NC(=O)c2ccccc2)n1. The molecule has 5 nitrogen and oxygen atoms in total. The third-order valence-corrected chi connectivity index (χ3v) is 2.98. The molecule has 1 aromatic heterocycles. The van der Waals surface area contributed by atoms with Gasteiger partial charge >= 0.3 is 6.03 Å². The highest BCUT2D eigenvalue weighted by molar-refractivity contribution is 7.13. The summed E-state index contributed by atoms with van der Waals surface area (Å²) in [5.41, 5.74) is 1.26. The minimum atomic E-state index is -0.585. The molecule has 2 rings (SSSR count). The van der Waals surface area contributed by atoms with Crippen LogP contribution in [0.15, 0.2) is 35.7 Å². The summed E-state index contributed by atoms with van der Waals surface area (Å²) in [6.07, 6.45) is 0. The first-order valence-corrected chi connectivity index (χ1v) is 6.12. The Morgan fingerprint density at radius 2 is 1.94 bits per heavy atom. The van der Waals surface area contributed by atoms with E-state index in [2.05, 4.69) is 15.6 Å². The minimum absolute atomic E-state index is 0.433. The Kier molecular flexibility index (Phi) is 3.69. The number of nitrogens with zero attached hydrogens (tertiary/aromatic N) is 1. The van der Waals surface area contributed by atoms with E-state index in [1.54, 1.807) is 30.3 Å². The zero-order valence-electron chi connectivity index (χ0n) is 9.64. The van der Waals surface area contributed by atoms with Crippen molar-refractivity contribution in [3.8, 4) is 0 Å². The normalized spacial score (nSPS) is 9.83. The van der Waals surface area contributed by atoms with Crippen LogP contribution in [0, 0.1) is 6.92 Å². The van der Waals surface area contributed by atoms with E-state index in [-0.39, 0.29) is 0 Å². The number of benzene rings is 1. The third kappa shape index (κ3) is 3.14. The first-order valence-electron chi connectivity index (χ1n) is 5.24. The summed E-state index contributed by atoms with van der Waals surface area (Å²) < 4.78 is 0. The van der Waals surface area contributed by atoms with Crippen molar-refractivity contribution in [1.82, 2.24) is 10.3 Å². The standard InChI is InChI=1S/C12H11N3O2S/c1-8-7-18-12(13-8)15-11(17)14-10(16)9-5-3-2-4-6-9/h2-7H,1H3,(H2,13,14,15,16,17). The Morgan fingerprint density at radius 1 is 1.22 bits per heavy atom. The highest BCUT2D eigenvalue weighted by Crippen LogP contribution is 2.13. The van der Waals surface area contributed by atoms with E-state index >= 15 is 0 Å². The average Bonchev–Trinajstić information content (AvgIpc) is 2.75. The molecule has 2 N–H and O–H groups in total. The topological polar surface area (TPSA) is 71.1 Å². The monoisotopic (exact) mass is 261 g/mol. The summed E-state index contributed by atoms with van der Waals surface area (Å²) in [4.78, 5) is 27.3. The molecule has 0 aliphatic heterocycles. The summed E-state index contributed by atoms with van der Waals surface area (Å²) in [6, 6.07) is 7.95. The van der Waals surface area contributed by atoms with Gasteiger partial charge in [-0.05, 0) is 19.1 Å². The molecule has 1 aromatic carbocycles. The van der Waals surface area contributed by atoms with Crippen LogP contribution >= 0.6 is 11.3 Å². The molecule has 0 spiro atoms. The molecule has 1 heterocycles. The van der Waals surface area contributed by atoms with Gasteiger partial charge in [-0.3, -0.25) is 15.4 Å². The molecular formula is C12H11N3O2S. The van der Waals surface area contributed by atoms with E-state index in [1.807, 2.05) is 12.3 Å². The predicted molar refractivity (Wildman–Crippen MR) is 69.8 cm³/mol. The first-order chi connectivity index (χ1) is 8.65. The molecule has 0 fully saturated rings. The summed E-state index contributed by atoms with van der Waals surface area (Å²) >= 11 is 1.31. The van der Waals surface area contributed by atoms with Crippen molar-refractivity contribution >= 4 is 28.4 Å². The Hall–Kier alpha value is -2.21. The van der Waals surface area contributed by atoms with Gasteiger partial charge in [-0.2, -0.15) is 0 Å². The van der Waals surface area contributed by atoms with Crippen LogP contribution < -0.4 is 10.6 Å². The van der Waals surface area contributed by atoms with E-state index in [9.17, 15) is 9.59 Å². The quantitative estimate of drug-likeness (QED) is 0.872. The second-order valence-electron chi connectivity index (χ2n) is 3.57. The number of imide groups is 1. The Bertz CT molecular complexity index is 566. The smallest absolute Gasteiger partial charge is 0.283 e. The number of rotatable bonds is 2. The van der Waals surface area contributed by atoms with Gasteiger partial charge in [0.25, 0.3) is 5.91 Å². The number of anilines is 1. The molecule has 0 unspecified atom stereocenters. The number of hydrogen-bond acceptors (Lipinski definition) is 4. The van der Waals surface area contributed by atoms with Gasteiger partial charge in [0.1, 0.15) is 0 Å². The number of aryl methyl sites for hydroxylation is 1. The maximum absolute atomic E-state index is 11.7. The molecule has 0 aliphatic rings. The van der Waals surface area contributed by atoms with Gasteiger partial charge in [-0.15, -0.1) is 11.3 Å². The molecule has 0 aliphatic carbocycles. The average molecular weight is 261 g/mol. The van der Waals surface area contributed by atoms with Crippen LogP contribution in [0.2, 0.25) is 0 Å². The van der Waals surface area contributed by atoms with Crippen molar-refractivity contribution in [1.29, 1.82) is 0 Å². The fourth-order valence-corrected chi connectivity index (χ4v) is 1.99. The van der Waals surface area contributed by atoms with Gasteiger partial charge in [0, 0.05) is 10.9 Å². The Morgan fingerprint density at radius 3 is 2.56 bits per heavy atom. The Balaban J connectivity index is 1.94. The lowest BCUT2D eigenvalue weighted by Crippen LogP contribution is -2.34. The van der Waals surface area contributed by atoms with Gasteiger partial charge in [0.05, 0.1) is 5.69 Å². The molecule has 6 heteroatoms. The van der Waals surface area contributed by atoms with Crippen molar-refractivity contribution in [2.75, 3.05) is 5.32 Å². The molecule has 0 saturated carbocycles. The summed E-state index contributed by atoms with van der Waals surface area (Å²) in [5, 5.41) is 7.01.